The average molecular weight is 327 g/mol. The van der Waals surface area contributed by atoms with Gasteiger partial charge in [0.15, 0.2) is 0 Å². The molecule has 126 valence electrons. The molecular weight excluding hydrogens is 306 g/mol. The summed E-state index contributed by atoms with van der Waals surface area (Å²) in [5.41, 5.74) is 2.26. The maximum atomic E-state index is 12.7. The fourth-order valence-corrected chi connectivity index (χ4v) is 3.24. The van der Waals surface area contributed by atoms with Gasteiger partial charge in [-0.25, -0.2) is 0 Å². The monoisotopic (exact) mass is 327 g/mol. The second-order valence-corrected chi connectivity index (χ2v) is 6.69. The fourth-order valence-electron chi connectivity index (χ4n) is 3.24. The second-order valence-electron chi connectivity index (χ2n) is 6.69. The summed E-state index contributed by atoms with van der Waals surface area (Å²) in [5.74, 6) is 0.451. The fraction of sp³-hybridized carbons (Fsp3) is 0.444. The van der Waals surface area contributed by atoms with E-state index in [1.54, 1.807) is 17.0 Å². The van der Waals surface area contributed by atoms with Crippen molar-refractivity contribution in [1.29, 1.82) is 0 Å². The summed E-state index contributed by atoms with van der Waals surface area (Å²) in [6, 6.07) is 8.27. The van der Waals surface area contributed by atoms with Gasteiger partial charge in [0.2, 0.25) is 0 Å². The first-order valence-electron chi connectivity index (χ1n) is 8.45. The van der Waals surface area contributed by atoms with Crippen molar-refractivity contribution in [3.05, 3.63) is 47.3 Å². The predicted octanol–water partition coefficient (Wildman–Crippen LogP) is 2.08. The minimum absolute atomic E-state index is 0.0473. The van der Waals surface area contributed by atoms with Crippen molar-refractivity contribution in [3.63, 3.8) is 0 Å². The Kier molecular flexibility index (Phi) is 3.76. The van der Waals surface area contributed by atoms with Gasteiger partial charge in [0, 0.05) is 18.7 Å². The Balaban J connectivity index is 1.54. The summed E-state index contributed by atoms with van der Waals surface area (Å²) >= 11 is 0. The molecular formula is C18H21N3O3. The SMILES string of the molecule is O=C(c1ccc(O)cc1)N1CCCn2nc([C@@H](O)C3CC3)cc2C1. The van der Waals surface area contributed by atoms with Gasteiger partial charge < -0.3 is 15.1 Å². The zero-order chi connectivity index (χ0) is 16.7. The number of hydrogen-bond acceptors (Lipinski definition) is 4. The number of fused-ring (bicyclic) bond motifs is 1. The molecule has 1 aliphatic carbocycles. The molecule has 0 saturated heterocycles. The number of aromatic hydroxyl groups is 1. The van der Waals surface area contributed by atoms with Crippen molar-refractivity contribution in [2.75, 3.05) is 6.54 Å². The third-order valence-corrected chi connectivity index (χ3v) is 4.81. The van der Waals surface area contributed by atoms with Gasteiger partial charge in [0.1, 0.15) is 11.9 Å². The Morgan fingerprint density at radius 2 is 1.96 bits per heavy atom. The molecule has 24 heavy (non-hydrogen) atoms. The van der Waals surface area contributed by atoms with Crippen LogP contribution in [0.25, 0.3) is 0 Å². The normalized spacial score (nSPS) is 18.8. The van der Waals surface area contributed by atoms with Crippen LogP contribution < -0.4 is 0 Å². The molecule has 6 nitrogen and oxygen atoms in total. The molecule has 2 aliphatic rings. The Hall–Kier alpha value is -2.34. The van der Waals surface area contributed by atoms with E-state index >= 15 is 0 Å². The van der Waals surface area contributed by atoms with E-state index in [1.165, 1.54) is 12.1 Å². The minimum atomic E-state index is -0.481. The molecule has 0 radical (unpaired) electrons. The molecule has 1 atom stereocenters. The van der Waals surface area contributed by atoms with Crippen molar-refractivity contribution in [2.24, 2.45) is 5.92 Å². The van der Waals surface area contributed by atoms with E-state index in [2.05, 4.69) is 5.10 Å². The molecule has 1 saturated carbocycles. The molecule has 6 heteroatoms. The van der Waals surface area contributed by atoms with Crippen molar-refractivity contribution in [2.45, 2.75) is 38.5 Å². The van der Waals surface area contributed by atoms with Crippen LogP contribution in [0.2, 0.25) is 0 Å². The van der Waals surface area contributed by atoms with E-state index < -0.39 is 6.10 Å². The van der Waals surface area contributed by atoms with Crippen molar-refractivity contribution in [3.8, 4) is 5.75 Å². The number of aryl methyl sites for hydroxylation is 1. The van der Waals surface area contributed by atoms with Gasteiger partial charge in [-0.1, -0.05) is 0 Å². The van der Waals surface area contributed by atoms with E-state index in [0.717, 1.165) is 37.2 Å². The summed E-state index contributed by atoms with van der Waals surface area (Å²) in [5, 5.41) is 24.2. The van der Waals surface area contributed by atoms with E-state index in [9.17, 15) is 15.0 Å². The first-order valence-corrected chi connectivity index (χ1v) is 8.45. The number of benzene rings is 1. The highest BCUT2D eigenvalue weighted by molar-refractivity contribution is 5.94. The first kappa shape index (κ1) is 15.2. The van der Waals surface area contributed by atoms with Gasteiger partial charge in [0.25, 0.3) is 5.91 Å². The van der Waals surface area contributed by atoms with Crippen LogP contribution in [-0.2, 0) is 13.1 Å². The lowest BCUT2D eigenvalue weighted by molar-refractivity contribution is 0.0745. The Bertz CT molecular complexity index is 749. The summed E-state index contributed by atoms with van der Waals surface area (Å²) in [6.45, 7) is 1.92. The molecule has 2 heterocycles. The number of nitrogens with zero attached hydrogens (tertiary/aromatic N) is 3. The number of aliphatic hydroxyl groups excluding tert-OH is 1. The lowest BCUT2D eigenvalue weighted by atomic mass is 10.1. The van der Waals surface area contributed by atoms with Gasteiger partial charge in [-0.05, 0) is 55.5 Å². The van der Waals surface area contributed by atoms with Crippen molar-refractivity contribution in [1.82, 2.24) is 14.7 Å². The molecule has 0 bridgehead atoms. The number of hydrogen-bond donors (Lipinski definition) is 2. The molecule has 1 aliphatic heterocycles. The van der Waals surface area contributed by atoms with Crippen molar-refractivity contribution >= 4 is 5.91 Å². The second kappa shape index (κ2) is 5.94. The highest BCUT2D eigenvalue weighted by atomic mass is 16.3. The van der Waals surface area contributed by atoms with E-state index in [1.807, 2.05) is 10.7 Å². The molecule has 1 aromatic heterocycles. The zero-order valence-electron chi connectivity index (χ0n) is 13.4. The Labute approximate surface area is 140 Å². The smallest absolute Gasteiger partial charge is 0.254 e. The quantitative estimate of drug-likeness (QED) is 0.905. The number of amides is 1. The summed E-state index contributed by atoms with van der Waals surface area (Å²) in [7, 11) is 0. The number of phenolic OH excluding ortho intramolecular Hbond substituents is 1. The molecule has 0 spiro atoms. The van der Waals surface area contributed by atoms with E-state index in [4.69, 9.17) is 0 Å². The third-order valence-electron chi connectivity index (χ3n) is 4.81. The number of carbonyl (C=O) groups is 1. The van der Waals surface area contributed by atoms with Crippen LogP contribution in [0.1, 0.15) is 47.1 Å². The van der Waals surface area contributed by atoms with Crippen molar-refractivity contribution < 1.29 is 15.0 Å². The standard InChI is InChI=1S/C18H21N3O3/c22-15-6-4-13(5-7-15)18(24)20-8-1-9-21-14(11-20)10-16(19-21)17(23)12-2-3-12/h4-7,10,12,17,22-23H,1-3,8-9,11H2/t17-/m0/s1. The predicted molar refractivity (Wildman–Crippen MR) is 87.4 cm³/mol. The van der Waals surface area contributed by atoms with Gasteiger partial charge in [-0.15, -0.1) is 0 Å². The van der Waals surface area contributed by atoms with Crippen LogP contribution in [0.3, 0.4) is 0 Å². The van der Waals surface area contributed by atoms with Gasteiger partial charge in [0.05, 0.1) is 17.9 Å². The molecule has 1 fully saturated rings. The van der Waals surface area contributed by atoms with Crippen LogP contribution in [0, 0.1) is 5.92 Å². The maximum Gasteiger partial charge on any atom is 0.254 e. The maximum absolute atomic E-state index is 12.7. The number of rotatable bonds is 3. The van der Waals surface area contributed by atoms with Crippen LogP contribution in [0.4, 0.5) is 0 Å². The summed E-state index contributed by atoms with van der Waals surface area (Å²) in [6.07, 6.45) is 2.48. The number of aromatic nitrogens is 2. The number of phenols is 1. The average Bonchev–Trinajstić information content (AvgIpc) is 3.38. The zero-order valence-corrected chi connectivity index (χ0v) is 13.4. The van der Waals surface area contributed by atoms with Gasteiger partial charge in [-0.2, -0.15) is 5.10 Å². The first-order chi connectivity index (χ1) is 11.6. The van der Waals surface area contributed by atoms with Crippen LogP contribution in [-0.4, -0.2) is 37.3 Å². The number of carbonyl (C=O) groups excluding carboxylic acids is 1. The molecule has 4 rings (SSSR count). The molecule has 2 aromatic rings. The van der Waals surface area contributed by atoms with E-state index in [-0.39, 0.29) is 11.7 Å². The van der Waals surface area contributed by atoms with Crippen LogP contribution in [0.15, 0.2) is 30.3 Å². The molecule has 1 amide bonds. The number of aliphatic hydroxyl groups is 1. The lowest BCUT2D eigenvalue weighted by Gasteiger charge is -2.20. The lowest BCUT2D eigenvalue weighted by Crippen LogP contribution is -2.30. The Morgan fingerprint density at radius 3 is 2.67 bits per heavy atom. The molecule has 1 aromatic carbocycles. The summed E-state index contributed by atoms with van der Waals surface area (Å²) < 4.78 is 1.92. The van der Waals surface area contributed by atoms with Gasteiger partial charge >= 0.3 is 0 Å². The Morgan fingerprint density at radius 1 is 1.21 bits per heavy atom. The third kappa shape index (κ3) is 2.89. The minimum Gasteiger partial charge on any atom is -0.508 e. The van der Waals surface area contributed by atoms with Crippen LogP contribution in [0.5, 0.6) is 5.75 Å². The highest BCUT2D eigenvalue weighted by Gasteiger charge is 2.33. The highest BCUT2D eigenvalue weighted by Crippen LogP contribution is 2.40. The molecule has 0 unspecified atom stereocenters. The van der Waals surface area contributed by atoms with E-state index in [0.29, 0.717) is 24.6 Å². The van der Waals surface area contributed by atoms with Crippen LogP contribution >= 0.6 is 0 Å². The summed E-state index contributed by atoms with van der Waals surface area (Å²) in [4.78, 5) is 14.5. The van der Waals surface area contributed by atoms with Gasteiger partial charge in [-0.3, -0.25) is 9.48 Å². The largest absolute Gasteiger partial charge is 0.508 e. The molecule has 2 N–H and O–H groups in total. The topological polar surface area (TPSA) is 78.6 Å².